The van der Waals surface area contributed by atoms with Crippen LogP contribution in [-0.4, -0.2) is 15.7 Å². The predicted molar refractivity (Wildman–Crippen MR) is 87.1 cm³/mol. The summed E-state index contributed by atoms with van der Waals surface area (Å²) in [6, 6.07) is 18.3. The molecule has 5 heteroatoms. The number of aryl methyl sites for hydroxylation is 1. The summed E-state index contributed by atoms with van der Waals surface area (Å²) >= 11 is 0. The monoisotopic (exact) mass is 292 g/mol. The van der Waals surface area contributed by atoms with Crippen LogP contribution in [0.2, 0.25) is 0 Å². The maximum atomic E-state index is 12.3. The Morgan fingerprint density at radius 3 is 2.55 bits per heavy atom. The lowest BCUT2D eigenvalue weighted by Gasteiger charge is -2.08. The molecule has 3 N–H and O–H groups in total. The van der Waals surface area contributed by atoms with Crippen molar-refractivity contribution in [2.24, 2.45) is 0 Å². The first-order valence-corrected chi connectivity index (χ1v) is 6.92. The topological polar surface area (TPSA) is 72.9 Å². The Morgan fingerprint density at radius 2 is 1.86 bits per heavy atom. The van der Waals surface area contributed by atoms with Crippen LogP contribution in [-0.2, 0) is 0 Å². The van der Waals surface area contributed by atoms with E-state index in [1.54, 1.807) is 22.9 Å². The van der Waals surface area contributed by atoms with Crippen LogP contribution in [0.4, 0.5) is 11.5 Å². The van der Waals surface area contributed by atoms with Gasteiger partial charge in [-0.15, -0.1) is 0 Å². The van der Waals surface area contributed by atoms with Crippen LogP contribution in [0.5, 0.6) is 0 Å². The molecule has 0 aliphatic carbocycles. The first-order chi connectivity index (χ1) is 10.6. The normalized spacial score (nSPS) is 10.4. The van der Waals surface area contributed by atoms with Gasteiger partial charge in [0.1, 0.15) is 5.82 Å². The molecule has 0 radical (unpaired) electrons. The van der Waals surface area contributed by atoms with E-state index in [1.807, 2.05) is 49.4 Å². The van der Waals surface area contributed by atoms with Crippen LogP contribution in [0.1, 0.15) is 16.1 Å². The fourth-order valence-corrected chi connectivity index (χ4v) is 2.23. The molecule has 0 unspecified atom stereocenters. The summed E-state index contributed by atoms with van der Waals surface area (Å²) in [7, 11) is 0. The van der Waals surface area contributed by atoms with Crippen molar-refractivity contribution in [2.45, 2.75) is 6.92 Å². The molecule has 22 heavy (non-hydrogen) atoms. The van der Waals surface area contributed by atoms with Gasteiger partial charge >= 0.3 is 0 Å². The first kappa shape index (κ1) is 13.9. The van der Waals surface area contributed by atoms with Gasteiger partial charge in [0.05, 0.1) is 11.4 Å². The number of hydrogen-bond acceptors (Lipinski definition) is 3. The number of hydrogen-bond donors (Lipinski definition) is 2. The third kappa shape index (κ3) is 2.83. The zero-order chi connectivity index (χ0) is 15.5. The quantitative estimate of drug-likeness (QED) is 0.779. The lowest BCUT2D eigenvalue weighted by molar-refractivity contribution is 0.102. The number of benzene rings is 2. The molecule has 0 aliphatic rings. The van der Waals surface area contributed by atoms with E-state index in [-0.39, 0.29) is 5.91 Å². The highest BCUT2D eigenvalue weighted by atomic mass is 16.1. The molecule has 0 saturated carbocycles. The number of amides is 1. The number of carbonyl (C=O) groups is 1. The van der Waals surface area contributed by atoms with Gasteiger partial charge in [0.25, 0.3) is 5.91 Å². The molecule has 2 aromatic carbocycles. The number of nitrogens with one attached hydrogen (secondary N) is 1. The highest BCUT2D eigenvalue weighted by Gasteiger charge is 2.09. The summed E-state index contributed by atoms with van der Waals surface area (Å²) in [5.74, 6) is 0.369. The molecule has 110 valence electrons. The van der Waals surface area contributed by atoms with E-state index in [2.05, 4.69) is 10.4 Å². The smallest absolute Gasteiger partial charge is 0.255 e. The van der Waals surface area contributed by atoms with Crippen LogP contribution >= 0.6 is 0 Å². The maximum absolute atomic E-state index is 12.3. The van der Waals surface area contributed by atoms with Crippen molar-refractivity contribution in [1.82, 2.24) is 9.78 Å². The SMILES string of the molecule is Cc1cc(N)n(-c2cccc(C(=O)Nc3ccccc3)c2)n1. The number of nitrogen functional groups attached to an aromatic ring is 1. The summed E-state index contributed by atoms with van der Waals surface area (Å²) in [5.41, 5.74) is 8.82. The van der Waals surface area contributed by atoms with Crippen LogP contribution < -0.4 is 11.1 Å². The van der Waals surface area contributed by atoms with Crippen molar-refractivity contribution < 1.29 is 4.79 Å². The van der Waals surface area contributed by atoms with Gasteiger partial charge in [-0.05, 0) is 37.3 Å². The lowest BCUT2D eigenvalue weighted by atomic mass is 10.2. The number of nitrogens with zero attached hydrogens (tertiary/aromatic N) is 2. The van der Waals surface area contributed by atoms with Crippen molar-refractivity contribution in [3.05, 3.63) is 71.9 Å². The average Bonchev–Trinajstić information content (AvgIpc) is 2.87. The zero-order valence-electron chi connectivity index (χ0n) is 12.2. The standard InChI is InChI=1S/C17H16N4O/c1-12-10-16(18)21(20-12)15-9-5-6-13(11-15)17(22)19-14-7-3-2-4-8-14/h2-11H,18H2,1H3,(H,19,22). The van der Waals surface area contributed by atoms with E-state index in [0.29, 0.717) is 11.4 Å². The number of aromatic nitrogens is 2. The zero-order valence-corrected chi connectivity index (χ0v) is 12.2. The summed E-state index contributed by atoms with van der Waals surface area (Å²) < 4.78 is 1.62. The van der Waals surface area contributed by atoms with E-state index >= 15 is 0 Å². The van der Waals surface area contributed by atoms with Gasteiger partial charge in [-0.1, -0.05) is 24.3 Å². The van der Waals surface area contributed by atoms with Gasteiger partial charge < -0.3 is 11.1 Å². The third-order valence-corrected chi connectivity index (χ3v) is 3.24. The van der Waals surface area contributed by atoms with Crippen LogP contribution in [0.25, 0.3) is 5.69 Å². The number of nitrogens with two attached hydrogens (primary N) is 1. The van der Waals surface area contributed by atoms with Gasteiger partial charge in [-0.3, -0.25) is 4.79 Å². The van der Waals surface area contributed by atoms with Crippen LogP contribution in [0.3, 0.4) is 0 Å². The molecule has 3 rings (SSSR count). The third-order valence-electron chi connectivity index (χ3n) is 3.24. The largest absolute Gasteiger partial charge is 0.384 e. The Balaban J connectivity index is 1.88. The van der Waals surface area contributed by atoms with Crippen molar-refractivity contribution in [3.8, 4) is 5.69 Å². The van der Waals surface area contributed by atoms with E-state index in [9.17, 15) is 4.79 Å². The summed E-state index contributed by atoms with van der Waals surface area (Å²) in [6.07, 6.45) is 0. The maximum Gasteiger partial charge on any atom is 0.255 e. The Morgan fingerprint density at radius 1 is 1.09 bits per heavy atom. The minimum Gasteiger partial charge on any atom is -0.384 e. The molecule has 5 nitrogen and oxygen atoms in total. The van der Waals surface area contributed by atoms with Gasteiger partial charge in [0, 0.05) is 17.3 Å². The number of rotatable bonds is 3. The lowest BCUT2D eigenvalue weighted by Crippen LogP contribution is -2.12. The van der Waals surface area contributed by atoms with Crippen molar-refractivity contribution in [3.63, 3.8) is 0 Å². The molecule has 1 aromatic heterocycles. The minimum absolute atomic E-state index is 0.171. The second kappa shape index (κ2) is 5.73. The molecular formula is C17H16N4O. The molecule has 0 fully saturated rings. The summed E-state index contributed by atoms with van der Waals surface area (Å²) in [5, 5.41) is 7.18. The highest BCUT2D eigenvalue weighted by molar-refractivity contribution is 6.04. The van der Waals surface area contributed by atoms with Gasteiger partial charge in [0.15, 0.2) is 0 Å². The van der Waals surface area contributed by atoms with E-state index < -0.39 is 0 Å². The second-order valence-corrected chi connectivity index (χ2v) is 4.99. The molecular weight excluding hydrogens is 276 g/mol. The molecule has 0 saturated heterocycles. The van der Waals surface area contributed by atoms with E-state index in [1.165, 1.54) is 0 Å². The first-order valence-electron chi connectivity index (χ1n) is 6.92. The van der Waals surface area contributed by atoms with E-state index in [4.69, 9.17) is 5.73 Å². The Hall–Kier alpha value is -3.08. The van der Waals surface area contributed by atoms with Crippen molar-refractivity contribution in [1.29, 1.82) is 0 Å². The average molecular weight is 292 g/mol. The molecule has 0 spiro atoms. The summed E-state index contributed by atoms with van der Waals surface area (Å²) in [4.78, 5) is 12.3. The fraction of sp³-hybridized carbons (Fsp3) is 0.0588. The second-order valence-electron chi connectivity index (χ2n) is 4.99. The van der Waals surface area contributed by atoms with Crippen LogP contribution in [0.15, 0.2) is 60.7 Å². The van der Waals surface area contributed by atoms with Crippen LogP contribution in [0, 0.1) is 6.92 Å². The van der Waals surface area contributed by atoms with E-state index in [0.717, 1.165) is 17.1 Å². The Bertz CT molecular complexity index is 809. The molecule has 3 aromatic rings. The molecule has 0 bridgehead atoms. The molecule has 0 atom stereocenters. The highest BCUT2D eigenvalue weighted by Crippen LogP contribution is 2.16. The summed E-state index contributed by atoms with van der Waals surface area (Å²) in [6.45, 7) is 1.87. The minimum atomic E-state index is -0.171. The fourth-order valence-electron chi connectivity index (χ4n) is 2.23. The molecule has 0 aliphatic heterocycles. The number of anilines is 2. The van der Waals surface area contributed by atoms with Gasteiger partial charge in [-0.25, -0.2) is 4.68 Å². The van der Waals surface area contributed by atoms with Gasteiger partial charge in [-0.2, -0.15) is 5.10 Å². The van der Waals surface area contributed by atoms with Crippen molar-refractivity contribution in [2.75, 3.05) is 11.1 Å². The van der Waals surface area contributed by atoms with Crippen molar-refractivity contribution >= 4 is 17.4 Å². The number of carbonyl (C=O) groups excluding carboxylic acids is 1. The number of para-hydroxylation sites is 1. The predicted octanol–water partition coefficient (Wildman–Crippen LogP) is 3.02. The Kier molecular flexibility index (Phi) is 3.62. The Labute approximate surface area is 128 Å². The van der Waals surface area contributed by atoms with Gasteiger partial charge in [0.2, 0.25) is 0 Å². The molecule has 1 amide bonds. The molecule has 1 heterocycles.